The van der Waals surface area contributed by atoms with Crippen LogP contribution in [0, 0.1) is 23.2 Å². The predicted octanol–water partition coefficient (Wildman–Crippen LogP) is 1.20. The lowest BCUT2D eigenvalue weighted by Crippen LogP contribution is -2.68. The number of hydrogen-bond donors (Lipinski definition) is 2. The molecule has 6 nitrogen and oxygen atoms in total. The van der Waals surface area contributed by atoms with E-state index in [1.165, 1.54) is 0 Å². The summed E-state index contributed by atoms with van der Waals surface area (Å²) in [6, 6.07) is 0. The summed E-state index contributed by atoms with van der Waals surface area (Å²) >= 11 is 0. The van der Waals surface area contributed by atoms with E-state index in [2.05, 4.69) is 4.74 Å². The largest absolute Gasteiger partial charge is 0.465 e. The highest BCUT2D eigenvalue weighted by Crippen LogP contribution is 2.72. The molecule has 0 saturated heterocycles. The normalized spacial score (nSPS) is 43.6. The van der Waals surface area contributed by atoms with Crippen molar-refractivity contribution in [2.75, 3.05) is 6.61 Å². The summed E-state index contributed by atoms with van der Waals surface area (Å²) in [4.78, 5) is 11.2. The molecule has 0 aliphatic heterocycles. The molecular formula is C13H18F2O6S. The Bertz CT molecular complexity index is 596. The second-order valence-corrected chi connectivity index (χ2v) is 8.75. The monoisotopic (exact) mass is 340 g/mol. The first kappa shape index (κ1) is 16.1. The first-order chi connectivity index (χ1) is 9.88. The highest BCUT2D eigenvalue weighted by atomic mass is 32.2. The fraction of sp³-hybridized carbons (Fsp3) is 0.923. The lowest BCUT2D eigenvalue weighted by Gasteiger charge is -2.71. The molecule has 3 rings (SSSR count). The molecule has 0 aromatic heterocycles. The summed E-state index contributed by atoms with van der Waals surface area (Å²) in [7, 11) is -5.82. The Labute approximate surface area is 126 Å². The maximum Gasteiger partial charge on any atom is 0.465 e. The highest BCUT2D eigenvalue weighted by Gasteiger charge is 2.69. The number of halogens is 2. The topological polar surface area (TPSA) is 101 Å². The molecule has 0 spiro atoms. The van der Waals surface area contributed by atoms with Gasteiger partial charge in [-0.15, -0.1) is 0 Å². The molecule has 126 valence electrons. The van der Waals surface area contributed by atoms with Gasteiger partial charge in [-0.25, -0.2) is 4.79 Å². The minimum Gasteiger partial charge on any atom is -0.460 e. The average Bonchev–Trinajstić information content (AvgIpc) is 2.28. The van der Waals surface area contributed by atoms with Crippen LogP contribution in [0.4, 0.5) is 8.78 Å². The Hall–Kier alpha value is -0.800. The van der Waals surface area contributed by atoms with Crippen molar-refractivity contribution in [1.29, 1.82) is 0 Å². The Morgan fingerprint density at radius 3 is 2.23 bits per heavy atom. The summed E-state index contributed by atoms with van der Waals surface area (Å²) in [5.41, 5.74) is -1.07. The van der Waals surface area contributed by atoms with Gasteiger partial charge in [-0.05, 0) is 50.4 Å². The second-order valence-electron chi connectivity index (χ2n) is 7.29. The molecule has 3 fully saturated rings. The van der Waals surface area contributed by atoms with Crippen molar-refractivity contribution in [1.82, 2.24) is 0 Å². The average molecular weight is 340 g/mol. The summed E-state index contributed by atoms with van der Waals surface area (Å²) in [5.74, 6) is -1.41. The molecule has 2 N–H and O–H groups in total. The van der Waals surface area contributed by atoms with Gasteiger partial charge in [0.25, 0.3) is 0 Å². The zero-order valence-electron chi connectivity index (χ0n) is 12.0. The number of alkyl halides is 2. The van der Waals surface area contributed by atoms with Crippen molar-refractivity contribution in [2.24, 2.45) is 23.2 Å². The van der Waals surface area contributed by atoms with E-state index in [9.17, 15) is 27.1 Å². The van der Waals surface area contributed by atoms with Crippen LogP contribution in [0.25, 0.3) is 0 Å². The first-order valence-electron chi connectivity index (χ1n) is 7.12. The Morgan fingerprint density at radius 2 is 1.77 bits per heavy atom. The third-order valence-corrected chi connectivity index (χ3v) is 6.33. The first-order valence-corrected chi connectivity index (χ1v) is 8.56. The van der Waals surface area contributed by atoms with Crippen LogP contribution in [0.2, 0.25) is 0 Å². The molecule has 0 bridgehead atoms. The van der Waals surface area contributed by atoms with Gasteiger partial charge in [0.05, 0.1) is 12.2 Å². The predicted molar refractivity (Wildman–Crippen MR) is 69.4 cm³/mol. The van der Waals surface area contributed by atoms with Crippen LogP contribution >= 0.6 is 0 Å². The van der Waals surface area contributed by atoms with Crippen LogP contribution in [0.5, 0.6) is 0 Å². The van der Waals surface area contributed by atoms with Gasteiger partial charge in [-0.2, -0.15) is 17.2 Å². The van der Waals surface area contributed by atoms with E-state index in [0.717, 1.165) is 0 Å². The van der Waals surface area contributed by atoms with Gasteiger partial charge < -0.3 is 9.84 Å². The van der Waals surface area contributed by atoms with E-state index in [4.69, 9.17) is 4.55 Å². The maximum absolute atomic E-state index is 13.1. The molecule has 2 atom stereocenters. The van der Waals surface area contributed by atoms with Crippen LogP contribution in [0.15, 0.2) is 0 Å². The molecule has 0 amide bonds. The Kier molecular flexibility index (Phi) is 3.20. The van der Waals surface area contributed by atoms with Crippen molar-refractivity contribution in [3.63, 3.8) is 0 Å². The second kappa shape index (κ2) is 4.39. The van der Waals surface area contributed by atoms with E-state index in [1.54, 1.807) is 6.92 Å². The number of aliphatic hydroxyl groups is 1. The molecule has 22 heavy (non-hydrogen) atoms. The van der Waals surface area contributed by atoms with Crippen LogP contribution in [0.1, 0.15) is 32.6 Å². The number of esters is 1. The lowest BCUT2D eigenvalue weighted by atomic mass is 9.34. The molecule has 0 aromatic rings. The zero-order valence-corrected chi connectivity index (χ0v) is 12.8. The molecule has 9 heteroatoms. The van der Waals surface area contributed by atoms with Crippen molar-refractivity contribution >= 4 is 16.1 Å². The van der Waals surface area contributed by atoms with Crippen LogP contribution in [0.3, 0.4) is 0 Å². The minimum atomic E-state index is -5.82. The number of hydrogen-bond acceptors (Lipinski definition) is 5. The van der Waals surface area contributed by atoms with Gasteiger partial charge in [-0.1, -0.05) is 0 Å². The highest BCUT2D eigenvalue weighted by molar-refractivity contribution is 7.87. The van der Waals surface area contributed by atoms with E-state index in [1.807, 2.05) is 0 Å². The van der Waals surface area contributed by atoms with Gasteiger partial charge in [0.15, 0.2) is 0 Å². The zero-order chi connectivity index (χ0) is 16.6. The number of carbonyl (C=O) groups is 1. The summed E-state index contributed by atoms with van der Waals surface area (Å²) < 4.78 is 60.1. The van der Waals surface area contributed by atoms with E-state index in [0.29, 0.717) is 37.5 Å². The van der Waals surface area contributed by atoms with E-state index >= 15 is 0 Å². The molecule has 0 radical (unpaired) electrons. The SMILES string of the molecule is CC1(O)CC2CC3(COC(=O)C(F)(F)S(=O)(=O)O)CC(C1)C23. The number of carbonyl (C=O) groups excluding carboxylic acids is 1. The van der Waals surface area contributed by atoms with Crippen LogP contribution in [-0.4, -0.2) is 41.5 Å². The van der Waals surface area contributed by atoms with E-state index < -0.39 is 26.9 Å². The quantitative estimate of drug-likeness (QED) is 0.589. The van der Waals surface area contributed by atoms with Crippen molar-refractivity contribution in [3.05, 3.63) is 0 Å². The van der Waals surface area contributed by atoms with Gasteiger partial charge in [0.1, 0.15) is 0 Å². The Balaban J connectivity index is 1.61. The van der Waals surface area contributed by atoms with Crippen molar-refractivity contribution in [2.45, 2.75) is 43.5 Å². The van der Waals surface area contributed by atoms with Crippen molar-refractivity contribution in [3.8, 4) is 0 Å². The van der Waals surface area contributed by atoms with Gasteiger partial charge in [0.2, 0.25) is 0 Å². The van der Waals surface area contributed by atoms with Gasteiger partial charge >= 0.3 is 21.3 Å². The molecule has 3 saturated carbocycles. The molecule has 3 aliphatic carbocycles. The number of rotatable bonds is 4. The van der Waals surface area contributed by atoms with E-state index in [-0.39, 0.29) is 17.9 Å². The molecular weight excluding hydrogens is 322 g/mol. The van der Waals surface area contributed by atoms with Gasteiger partial charge in [0, 0.05) is 5.41 Å². The lowest BCUT2D eigenvalue weighted by molar-refractivity contribution is -0.264. The fourth-order valence-corrected chi connectivity index (χ4v) is 5.21. The minimum absolute atomic E-state index is 0.236. The van der Waals surface area contributed by atoms with Crippen LogP contribution < -0.4 is 0 Å². The molecule has 0 heterocycles. The fourth-order valence-electron chi connectivity index (χ4n) is 4.94. The molecule has 2 unspecified atom stereocenters. The smallest absolute Gasteiger partial charge is 0.460 e. The molecule has 0 aromatic carbocycles. The third-order valence-electron chi connectivity index (χ3n) is 5.52. The maximum atomic E-state index is 13.1. The Morgan fingerprint density at radius 1 is 1.27 bits per heavy atom. The third kappa shape index (κ3) is 2.16. The number of ether oxygens (including phenoxy) is 1. The molecule has 3 aliphatic rings. The summed E-state index contributed by atoms with van der Waals surface area (Å²) in [6.07, 6.45) is 2.64. The summed E-state index contributed by atoms with van der Waals surface area (Å²) in [5, 5.41) is 5.17. The van der Waals surface area contributed by atoms with Crippen molar-refractivity contribution < 1.29 is 36.4 Å². The summed E-state index contributed by atoms with van der Waals surface area (Å²) in [6.45, 7) is 1.52. The standard InChI is InChI=1S/C13H18F2O6S/c1-11(17)2-7-4-12(5-8(3-11)9(7)12)6-21-10(16)13(14,15)22(18,19)20/h7-9,17H,2-6H2,1H3,(H,18,19,20). The van der Waals surface area contributed by atoms with Crippen LogP contribution in [-0.2, 0) is 19.6 Å². The van der Waals surface area contributed by atoms with Gasteiger partial charge in [-0.3, -0.25) is 4.55 Å².